The second kappa shape index (κ2) is 5.82. The van der Waals surface area contributed by atoms with Gasteiger partial charge in [-0.2, -0.15) is 0 Å². The Kier molecular flexibility index (Phi) is 4.41. The summed E-state index contributed by atoms with van der Waals surface area (Å²) in [6.07, 6.45) is 2.74. The summed E-state index contributed by atoms with van der Waals surface area (Å²) in [4.78, 5) is 0. The predicted molar refractivity (Wildman–Crippen MR) is 71.9 cm³/mol. The van der Waals surface area contributed by atoms with Crippen molar-refractivity contribution in [2.45, 2.75) is 25.4 Å². The smallest absolute Gasteiger partial charge is 0.0216 e. The molecule has 1 aromatic carbocycles. The third kappa shape index (κ3) is 4.09. The molecule has 15 heavy (non-hydrogen) atoms. The first-order valence-electron chi connectivity index (χ1n) is 5.54. The minimum Gasteiger partial charge on any atom is -0.313 e. The highest BCUT2D eigenvalue weighted by Crippen LogP contribution is 2.17. The summed E-state index contributed by atoms with van der Waals surface area (Å²) in [5.74, 6) is 0. The fourth-order valence-electron chi connectivity index (χ4n) is 1.52. The lowest BCUT2D eigenvalue weighted by Gasteiger charge is -2.07. The Morgan fingerprint density at radius 1 is 1.20 bits per heavy atom. The molecule has 82 valence electrons. The van der Waals surface area contributed by atoms with E-state index in [4.69, 9.17) is 0 Å². The molecule has 2 N–H and O–H groups in total. The Bertz CT molecular complexity index is 310. The zero-order valence-corrected chi connectivity index (χ0v) is 11.0. The first kappa shape index (κ1) is 11.4. The molecule has 0 unspecified atom stereocenters. The van der Waals surface area contributed by atoms with Crippen molar-refractivity contribution in [3.8, 4) is 0 Å². The van der Waals surface area contributed by atoms with Crippen molar-refractivity contribution in [1.82, 2.24) is 10.6 Å². The van der Waals surface area contributed by atoms with Gasteiger partial charge in [-0.3, -0.25) is 0 Å². The molecule has 1 saturated carbocycles. The molecule has 1 aliphatic rings. The van der Waals surface area contributed by atoms with E-state index >= 15 is 0 Å². The molecular weight excluding hydrogens is 299 g/mol. The Labute approximate surface area is 105 Å². The van der Waals surface area contributed by atoms with Crippen molar-refractivity contribution in [2.75, 3.05) is 13.1 Å². The Morgan fingerprint density at radius 2 is 2.00 bits per heavy atom. The van der Waals surface area contributed by atoms with Gasteiger partial charge in [0, 0.05) is 29.2 Å². The highest BCUT2D eigenvalue weighted by molar-refractivity contribution is 14.1. The van der Waals surface area contributed by atoms with E-state index in [0.29, 0.717) is 0 Å². The monoisotopic (exact) mass is 316 g/mol. The van der Waals surface area contributed by atoms with Crippen molar-refractivity contribution in [3.63, 3.8) is 0 Å². The average molecular weight is 316 g/mol. The van der Waals surface area contributed by atoms with Crippen molar-refractivity contribution in [1.29, 1.82) is 0 Å². The normalized spacial score (nSPS) is 15.5. The van der Waals surface area contributed by atoms with Crippen molar-refractivity contribution in [3.05, 3.63) is 33.4 Å². The maximum atomic E-state index is 3.49. The van der Waals surface area contributed by atoms with E-state index in [1.807, 2.05) is 0 Å². The van der Waals surface area contributed by atoms with Gasteiger partial charge in [0.05, 0.1) is 0 Å². The maximum absolute atomic E-state index is 3.49. The van der Waals surface area contributed by atoms with E-state index in [0.717, 1.165) is 25.7 Å². The summed E-state index contributed by atoms with van der Waals surface area (Å²) in [6, 6.07) is 9.34. The first-order valence-corrected chi connectivity index (χ1v) is 6.61. The molecule has 0 aromatic heterocycles. The van der Waals surface area contributed by atoms with Crippen LogP contribution in [0, 0.1) is 3.57 Å². The highest BCUT2D eigenvalue weighted by Gasteiger charge is 2.19. The molecule has 2 nitrogen and oxygen atoms in total. The van der Waals surface area contributed by atoms with Gasteiger partial charge in [-0.25, -0.2) is 0 Å². The Balaban J connectivity index is 1.62. The molecule has 0 radical (unpaired) electrons. The van der Waals surface area contributed by atoms with E-state index < -0.39 is 0 Å². The summed E-state index contributed by atoms with van der Waals surface area (Å²) < 4.78 is 1.35. The molecule has 1 fully saturated rings. The lowest BCUT2D eigenvalue weighted by molar-refractivity contribution is 0.608. The maximum Gasteiger partial charge on any atom is 0.0216 e. The highest BCUT2D eigenvalue weighted by atomic mass is 127. The summed E-state index contributed by atoms with van der Waals surface area (Å²) >= 11 is 2.39. The molecular formula is C12H17IN2. The van der Waals surface area contributed by atoms with Gasteiger partial charge in [0.15, 0.2) is 0 Å². The molecule has 0 amide bonds. The fraction of sp³-hybridized carbons (Fsp3) is 0.500. The van der Waals surface area contributed by atoms with Crippen LogP contribution in [0.3, 0.4) is 0 Å². The zero-order valence-electron chi connectivity index (χ0n) is 8.80. The van der Waals surface area contributed by atoms with Crippen LogP contribution >= 0.6 is 22.6 Å². The summed E-state index contributed by atoms with van der Waals surface area (Å²) in [5.41, 5.74) is 1.39. The van der Waals surface area contributed by atoms with Crippen LogP contribution < -0.4 is 10.6 Å². The molecule has 0 bridgehead atoms. The van der Waals surface area contributed by atoms with Crippen molar-refractivity contribution in [2.24, 2.45) is 0 Å². The molecule has 3 heteroatoms. The van der Waals surface area contributed by atoms with Crippen molar-refractivity contribution >= 4 is 22.6 Å². The standard InChI is InChI=1S/C12H17IN2/c13-12-4-2-1-3-10(12)9-14-7-8-15-11-5-6-11/h1-4,11,14-15H,5-9H2. The van der Waals surface area contributed by atoms with Crippen LogP contribution in [0.1, 0.15) is 18.4 Å². The van der Waals surface area contributed by atoms with Crippen LogP contribution in [0.15, 0.2) is 24.3 Å². The van der Waals surface area contributed by atoms with Gasteiger partial charge in [-0.15, -0.1) is 0 Å². The van der Waals surface area contributed by atoms with Gasteiger partial charge in [0.25, 0.3) is 0 Å². The molecule has 0 saturated heterocycles. The molecule has 2 rings (SSSR count). The molecule has 0 atom stereocenters. The second-order valence-electron chi connectivity index (χ2n) is 4.00. The van der Waals surface area contributed by atoms with Crippen LogP contribution in [0.25, 0.3) is 0 Å². The third-order valence-electron chi connectivity index (χ3n) is 2.59. The average Bonchev–Trinajstić information content (AvgIpc) is 3.04. The summed E-state index contributed by atoms with van der Waals surface area (Å²) in [5, 5.41) is 6.95. The van der Waals surface area contributed by atoms with Crippen LogP contribution in [0.5, 0.6) is 0 Å². The third-order valence-corrected chi connectivity index (χ3v) is 3.64. The van der Waals surface area contributed by atoms with Gasteiger partial charge in [-0.1, -0.05) is 18.2 Å². The summed E-state index contributed by atoms with van der Waals surface area (Å²) in [7, 11) is 0. The minimum absolute atomic E-state index is 0.823. The zero-order chi connectivity index (χ0) is 10.5. The van der Waals surface area contributed by atoms with E-state index in [1.165, 1.54) is 22.0 Å². The SMILES string of the molecule is Ic1ccccc1CNCCNC1CC1. The number of hydrogen-bond acceptors (Lipinski definition) is 2. The fourth-order valence-corrected chi connectivity index (χ4v) is 2.10. The van der Waals surface area contributed by atoms with E-state index in [2.05, 4.69) is 57.5 Å². The van der Waals surface area contributed by atoms with Gasteiger partial charge < -0.3 is 10.6 Å². The van der Waals surface area contributed by atoms with Gasteiger partial charge >= 0.3 is 0 Å². The van der Waals surface area contributed by atoms with Crippen LogP contribution in [-0.2, 0) is 6.54 Å². The molecule has 1 aliphatic carbocycles. The molecule has 1 aromatic rings. The van der Waals surface area contributed by atoms with Gasteiger partial charge in [0.1, 0.15) is 0 Å². The number of benzene rings is 1. The van der Waals surface area contributed by atoms with Crippen LogP contribution in [-0.4, -0.2) is 19.1 Å². The second-order valence-corrected chi connectivity index (χ2v) is 5.16. The minimum atomic E-state index is 0.823. The van der Waals surface area contributed by atoms with Gasteiger partial charge in [0.2, 0.25) is 0 Å². The largest absolute Gasteiger partial charge is 0.313 e. The molecule has 0 heterocycles. The number of hydrogen-bond donors (Lipinski definition) is 2. The van der Waals surface area contributed by atoms with E-state index in [9.17, 15) is 0 Å². The molecule has 0 spiro atoms. The molecule has 0 aliphatic heterocycles. The predicted octanol–water partition coefficient (Wildman–Crippen LogP) is 2.13. The number of halogens is 1. The number of rotatable bonds is 6. The Hall–Kier alpha value is -0.130. The Morgan fingerprint density at radius 3 is 2.73 bits per heavy atom. The summed E-state index contributed by atoms with van der Waals surface area (Å²) in [6.45, 7) is 3.13. The van der Waals surface area contributed by atoms with Crippen LogP contribution in [0.2, 0.25) is 0 Å². The lowest BCUT2D eigenvalue weighted by atomic mass is 10.2. The van der Waals surface area contributed by atoms with Crippen molar-refractivity contribution < 1.29 is 0 Å². The van der Waals surface area contributed by atoms with Crippen LogP contribution in [0.4, 0.5) is 0 Å². The lowest BCUT2D eigenvalue weighted by Crippen LogP contribution is -2.28. The first-order chi connectivity index (χ1) is 7.36. The topological polar surface area (TPSA) is 24.1 Å². The number of nitrogens with one attached hydrogen (secondary N) is 2. The van der Waals surface area contributed by atoms with E-state index in [1.54, 1.807) is 0 Å². The quantitative estimate of drug-likeness (QED) is 0.621. The van der Waals surface area contributed by atoms with E-state index in [-0.39, 0.29) is 0 Å². The van der Waals surface area contributed by atoms with Gasteiger partial charge in [-0.05, 0) is 47.1 Å².